The van der Waals surface area contributed by atoms with Gasteiger partial charge in [-0.1, -0.05) is 16.8 Å². The molecule has 3 rings (SSSR count). The first-order valence-corrected chi connectivity index (χ1v) is 6.32. The smallest absolute Gasteiger partial charge is 0.199 e. The van der Waals surface area contributed by atoms with Crippen LogP contribution in [0.5, 0.6) is 0 Å². The molecule has 0 saturated carbocycles. The molecular weight excluding hydrogens is 282 g/mol. The van der Waals surface area contributed by atoms with E-state index in [1.807, 2.05) is 18.2 Å². The standard InChI is InChI=1S/C12H12ClN5O2/c1-6-7(2)18-11(15-16-12(18)10(13)14-6)9-4-8(5-19-3)20-17-9/h4H,5H2,1-3H3. The van der Waals surface area contributed by atoms with Crippen LogP contribution in [0, 0.1) is 13.8 Å². The van der Waals surface area contributed by atoms with Crippen LogP contribution in [0.25, 0.3) is 17.2 Å². The van der Waals surface area contributed by atoms with Gasteiger partial charge in [-0.2, -0.15) is 0 Å². The first-order chi connectivity index (χ1) is 9.61. The molecule has 0 atom stereocenters. The lowest BCUT2D eigenvalue weighted by molar-refractivity contribution is 0.156. The maximum Gasteiger partial charge on any atom is 0.199 e. The van der Waals surface area contributed by atoms with Crippen LogP contribution < -0.4 is 0 Å². The molecule has 0 aliphatic heterocycles. The van der Waals surface area contributed by atoms with Crippen LogP contribution in [0.2, 0.25) is 5.15 Å². The van der Waals surface area contributed by atoms with E-state index < -0.39 is 0 Å². The normalized spacial score (nSPS) is 11.4. The number of aromatic nitrogens is 5. The molecule has 7 nitrogen and oxygen atoms in total. The Hall–Kier alpha value is -1.99. The number of hydrogen-bond acceptors (Lipinski definition) is 6. The fourth-order valence-electron chi connectivity index (χ4n) is 1.97. The number of aryl methyl sites for hydroxylation is 2. The van der Waals surface area contributed by atoms with Crippen LogP contribution in [0.4, 0.5) is 0 Å². The highest BCUT2D eigenvalue weighted by atomic mass is 35.5. The van der Waals surface area contributed by atoms with Crippen molar-refractivity contribution in [2.75, 3.05) is 7.11 Å². The van der Waals surface area contributed by atoms with Crippen LogP contribution in [-0.4, -0.2) is 31.8 Å². The Labute approximate surface area is 119 Å². The van der Waals surface area contributed by atoms with Crippen molar-refractivity contribution in [3.8, 4) is 11.5 Å². The second-order valence-electron chi connectivity index (χ2n) is 4.37. The van der Waals surface area contributed by atoms with Crippen molar-refractivity contribution >= 4 is 17.2 Å². The van der Waals surface area contributed by atoms with E-state index in [0.29, 0.717) is 34.7 Å². The molecule has 0 radical (unpaired) electrons. The van der Waals surface area contributed by atoms with Crippen molar-refractivity contribution in [2.24, 2.45) is 0 Å². The predicted molar refractivity (Wildman–Crippen MR) is 71.5 cm³/mol. The summed E-state index contributed by atoms with van der Waals surface area (Å²) in [5, 5.41) is 12.5. The molecule has 0 amide bonds. The molecule has 0 N–H and O–H groups in total. The van der Waals surface area contributed by atoms with Crippen molar-refractivity contribution < 1.29 is 9.26 Å². The second kappa shape index (κ2) is 4.84. The Balaban J connectivity index is 2.21. The summed E-state index contributed by atoms with van der Waals surface area (Å²) < 4.78 is 12.0. The van der Waals surface area contributed by atoms with Gasteiger partial charge in [0, 0.05) is 18.9 Å². The van der Waals surface area contributed by atoms with Crippen LogP contribution in [0.3, 0.4) is 0 Å². The molecule has 0 unspecified atom stereocenters. The van der Waals surface area contributed by atoms with E-state index in [0.717, 1.165) is 11.4 Å². The SMILES string of the molecule is COCc1cc(-c2nnc3c(Cl)nc(C)c(C)n23)no1. The largest absolute Gasteiger partial charge is 0.377 e. The summed E-state index contributed by atoms with van der Waals surface area (Å²) in [6, 6.07) is 1.77. The third-order valence-corrected chi connectivity index (χ3v) is 3.30. The number of fused-ring (bicyclic) bond motifs is 1. The Morgan fingerprint density at radius 3 is 2.90 bits per heavy atom. The van der Waals surface area contributed by atoms with Gasteiger partial charge in [0.1, 0.15) is 6.61 Å². The Bertz CT molecular complexity index is 780. The van der Waals surface area contributed by atoms with E-state index in [2.05, 4.69) is 20.3 Å². The summed E-state index contributed by atoms with van der Waals surface area (Å²) in [6.45, 7) is 4.16. The van der Waals surface area contributed by atoms with Crippen molar-refractivity contribution in [3.05, 3.63) is 28.4 Å². The maximum atomic E-state index is 6.09. The van der Waals surface area contributed by atoms with E-state index in [-0.39, 0.29) is 0 Å². The minimum absolute atomic E-state index is 0.312. The van der Waals surface area contributed by atoms with Crippen molar-refractivity contribution in [1.29, 1.82) is 0 Å². The fourth-order valence-corrected chi connectivity index (χ4v) is 2.22. The molecule has 104 valence electrons. The van der Waals surface area contributed by atoms with Gasteiger partial charge in [-0.05, 0) is 13.8 Å². The molecular formula is C12H12ClN5O2. The van der Waals surface area contributed by atoms with Gasteiger partial charge in [0.2, 0.25) is 0 Å². The van der Waals surface area contributed by atoms with Crippen LogP contribution in [0.15, 0.2) is 10.6 Å². The van der Waals surface area contributed by atoms with Gasteiger partial charge in [0.15, 0.2) is 28.1 Å². The first-order valence-electron chi connectivity index (χ1n) is 5.94. The van der Waals surface area contributed by atoms with Crippen molar-refractivity contribution in [2.45, 2.75) is 20.5 Å². The predicted octanol–water partition coefficient (Wildman–Crippen LogP) is 2.20. The Morgan fingerprint density at radius 2 is 2.15 bits per heavy atom. The van der Waals surface area contributed by atoms with Gasteiger partial charge in [-0.3, -0.25) is 4.40 Å². The number of hydrogen-bond donors (Lipinski definition) is 0. The monoisotopic (exact) mass is 293 g/mol. The summed E-state index contributed by atoms with van der Waals surface area (Å²) in [6.07, 6.45) is 0. The highest BCUT2D eigenvalue weighted by molar-refractivity contribution is 6.32. The van der Waals surface area contributed by atoms with Gasteiger partial charge < -0.3 is 9.26 Å². The van der Waals surface area contributed by atoms with Gasteiger partial charge in [-0.15, -0.1) is 10.2 Å². The summed E-state index contributed by atoms with van der Waals surface area (Å²) in [5.74, 6) is 1.18. The molecule has 0 spiro atoms. The topological polar surface area (TPSA) is 78.3 Å². The molecule has 0 aromatic carbocycles. The van der Waals surface area contributed by atoms with Crippen LogP contribution in [-0.2, 0) is 11.3 Å². The van der Waals surface area contributed by atoms with Gasteiger partial charge in [0.25, 0.3) is 0 Å². The zero-order chi connectivity index (χ0) is 14.3. The van der Waals surface area contributed by atoms with E-state index >= 15 is 0 Å². The van der Waals surface area contributed by atoms with Gasteiger partial charge >= 0.3 is 0 Å². The Morgan fingerprint density at radius 1 is 1.35 bits per heavy atom. The highest BCUT2D eigenvalue weighted by Crippen LogP contribution is 2.24. The van der Waals surface area contributed by atoms with Gasteiger partial charge in [0.05, 0.1) is 5.69 Å². The van der Waals surface area contributed by atoms with E-state index in [1.54, 1.807) is 13.2 Å². The summed E-state index contributed by atoms with van der Waals surface area (Å²) in [7, 11) is 1.59. The zero-order valence-electron chi connectivity index (χ0n) is 11.2. The lowest BCUT2D eigenvalue weighted by Gasteiger charge is -2.05. The highest BCUT2D eigenvalue weighted by Gasteiger charge is 2.18. The molecule has 0 aliphatic carbocycles. The van der Waals surface area contributed by atoms with E-state index in [9.17, 15) is 0 Å². The number of methoxy groups -OCH3 is 1. The third kappa shape index (κ3) is 1.95. The third-order valence-electron chi connectivity index (χ3n) is 3.05. The fraction of sp³-hybridized carbons (Fsp3) is 0.333. The molecule has 0 saturated heterocycles. The lowest BCUT2D eigenvalue weighted by Crippen LogP contribution is -2.01. The quantitative estimate of drug-likeness (QED) is 0.736. The molecule has 0 aliphatic rings. The van der Waals surface area contributed by atoms with Gasteiger partial charge in [-0.25, -0.2) is 4.98 Å². The Kier molecular flexibility index (Phi) is 3.15. The molecule has 3 heterocycles. The summed E-state index contributed by atoms with van der Waals surface area (Å²) in [4.78, 5) is 4.22. The minimum Gasteiger partial charge on any atom is -0.377 e. The van der Waals surface area contributed by atoms with Crippen molar-refractivity contribution in [3.63, 3.8) is 0 Å². The molecule has 3 aromatic rings. The second-order valence-corrected chi connectivity index (χ2v) is 4.73. The minimum atomic E-state index is 0.312. The van der Waals surface area contributed by atoms with E-state index in [1.165, 1.54) is 0 Å². The molecule has 20 heavy (non-hydrogen) atoms. The maximum absolute atomic E-state index is 6.09. The van der Waals surface area contributed by atoms with E-state index in [4.69, 9.17) is 20.9 Å². The zero-order valence-corrected chi connectivity index (χ0v) is 12.0. The molecule has 0 bridgehead atoms. The average Bonchev–Trinajstić information content (AvgIpc) is 3.02. The first kappa shape index (κ1) is 13.0. The number of halogens is 1. The van der Waals surface area contributed by atoms with Crippen LogP contribution in [0.1, 0.15) is 17.1 Å². The summed E-state index contributed by atoms with van der Waals surface area (Å²) in [5.41, 5.74) is 2.79. The van der Waals surface area contributed by atoms with Crippen LogP contribution >= 0.6 is 11.6 Å². The summed E-state index contributed by atoms with van der Waals surface area (Å²) >= 11 is 6.09. The number of rotatable bonds is 3. The molecule has 0 fully saturated rings. The molecule has 3 aromatic heterocycles. The van der Waals surface area contributed by atoms with Crippen molar-refractivity contribution in [1.82, 2.24) is 24.7 Å². The number of ether oxygens (including phenoxy) is 1. The average molecular weight is 294 g/mol. The molecule has 8 heteroatoms. The number of nitrogens with zero attached hydrogens (tertiary/aromatic N) is 5. The lowest BCUT2D eigenvalue weighted by atomic mass is 10.3.